The van der Waals surface area contributed by atoms with Crippen molar-refractivity contribution < 1.29 is 27.0 Å². The van der Waals surface area contributed by atoms with Gasteiger partial charge in [0.2, 0.25) is 16.0 Å². The van der Waals surface area contributed by atoms with Crippen molar-refractivity contribution in [3.8, 4) is 17.2 Å². The molecule has 35 heavy (non-hydrogen) atoms. The minimum atomic E-state index is -4.01. The summed E-state index contributed by atoms with van der Waals surface area (Å²) in [7, 11) is -0.988. The van der Waals surface area contributed by atoms with Crippen LogP contribution >= 0.6 is 0 Å². The highest BCUT2D eigenvalue weighted by molar-refractivity contribution is 7.93. The Morgan fingerprint density at radius 3 is 2.37 bits per heavy atom. The van der Waals surface area contributed by atoms with Gasteiger partial charge in [0.05, 0.1) is 38.5 Å². The molecule has 1 fully saturated rings. The number of halogens is 1. The Bertz CT molecular complexity index is 1260. The van der Waals surface area contributed by atoms with E-state index < -0.39 is 27.0 Å². The van der Waals surface area contributed by atoms with Gasteiger partial charge in [0, 0.05) is 18.4 Å². The second kappa shape index (κ2) is 10.1. The molecule has 1 aromatic carbocycles. The zero-order valence-corrected chi connectivity index (χ0v) is 20.6. The van der Waals surface area contributed by atoms with Crippen LogP contribution in [0, 0.1) is 5.82 Å². The van der Waals surface area contributed by atoms with Gasteiger partial charge in [-0.2, -0.15) is 0 Å². The maximum absolute atomic E-state index is 13.4. The molecule has 2 aromatic heterocycles. The molecule has 1 aliphatic heterocycles. The molecule has 0 unspecified atom stereocenters. The van der Waals surface area contributed by atoms with Gasteiger partial charge in [0.1, 0.15) is 28.8 Å². The van der Waals surface area contributed by atoms with Crippen molar-refractivity contribution in [2.24, 2.45) is 0 Å². The third kappa shape index (κ3) is 4.91. The smallest absolute Gasteiger partial charge is 0.243 e. The first kappa shape index (κ1) is 24.8. The van der Waals surface area contributed by atoms with E-state index in [1.165, 1.54) is 21.1 Å². The van der Waals surface area contributed by atoms with Crippen molar-refractivity contribution in [3.05, 3.63) is 48.1 Å². The average molecular weight is 507 g/mol. The van der Waals surface area contributed by atoms with Crippen molar-refractivity contribution in [1.82, 2.24) is 24.7 Å². The zero-order chi connectivity index (χ0) is 25.2. The molecule has 4 rings (SSSR count). The highest BCUT2D eigenvalue weighted by atomic mass is 32.2. The molecule has 1 saturated heterocycles. The van der Waals surface area contributed by atoms with Crippen LogP contribution < -0.4 is 14.2 Å². The lowest BCUT2D eigenvalue weighted by Gasteiger charge is -2.22. The first-order chi connectivity index (χ1) is 16.8. The Balaban J connectivity index is 1.76. The van der Waals surface area contributed by atoms with Crippen molar-refractivity contribution in [2.75, 3.05) is 32.2 Å². The molecular weight excluding hydrogens is 479 g/mol. The highest BCUT2D eigenvalue weighted by Crippen LogP contribution is 2.38. The quantitative estimate of drug-likeness (QED) is 0.465. The summed E-state index contributed by atoms with van der Waals surface area (Å²) in [6, 6.07) is 5.24. The van der Waals surface area contributed by atoms with Gasteiger partial charge in [-0.05, 0) is 25.5 Å². The van der Waals surface area contributed by atoms with Crippen LogP contribution in [-0.4, -0.2) is 65.8 Å². The van der Waals surface area contributed by atoms with Crippen LogP contribution in [0.25, 0.3) is 5.69 Å². The summed E-state index contributed by atoms with van der Waals surface area (Å²) in [4.78, 5) is 7.86. The Labute approximate surface area is 202 Å². The minimum Gasteiger partial charge on any atom is -0.494 e. The number of nitrogens with one attached hydrogen (secondary N) is 1. The fourth-order valence-corrected chi connectivity index (χ4v) is 5.13. The van der Waals surface area contributed by atoms with Crippen LogP contribution in [0.2, 0.25) is 0 Å². The summed E-state index contributed by atoms with van der Waals surface area (Å²) in [5.41, 5.74) is 0.463. The van der Waals surface area contributed by atoms with E-state index in [2.05, 4.69) is 24.9 Å². The number of para-hydroxylation sites is 1. The van der Waals surface area contributed by atoms with Gasteiger partial charge < -0.3 is 14.2 Å². The van der Waals surface area contributed by atoms with E-state index in [0.29, 0.717) is 42.6 Å². The maximum Gasteiger partial charge on any atom is 0.243 e. The first-order valence-corrected chi connectivity index (χ1v) is 12.5. The lowest BCUT2D eigenvalue weighted by atomic mass is 10.1. The second-order valence-electron chi connectivity index (χ2n) is 8.19. The molecule has 1 aliphatic rings. The van der Waals surface area contributed by atoms with E-state index in [0.717, 1.165) is 12.4 Å². The summed E-state index contributed by atoms with van der Waals surface area (Å²) in [5.74, 6) is 0.279. The van der Waals surface area contributed by atoms with Crippen molar-refractivity contribution in [2.45, 2.75) is 37.4 Å². The van der Waals surface area contributed by atoms with Gasteiger partial charge in [0.25, 0.3) is 0 Å². The monoisotopic (exact) mass is 506 g/mol. The van der Waals surface area contributed by atoms with Crippen LogP contribution in [0.5, 0.6) is 11.5 Å². The first-order valence-electron chi connectivity index (χ1n) is 11.0. The number of hydrogen-bond donors (Lipinski definition) is 1. The van der Waals surface area contributed by atoms with Gasteiger partial charge in [-0.15, -0.1) is 10.2 Å². The predicted octanol–water partition coefficient (Wildman–Crippen LogP) is 2.65. The summed E-state index contributed by atoms with van der Waals surface area (Å²) in [6.07, 6.45) is 2.72. The average Bonchev–Trinajstić information content (AvgIpc) is 3.52. The number of ether oxygens (including phenoxy) is 3. The van der Waals surface area contributed by atoms with Crippen LogP contribution in [0.1, 0.15) is 43.8 Å². The summed E-state index contributed by atoms with van der Waals surface area (Å²) < 4.78 is 60.8. The molecule has 0 bridgehead atoms. The minimum absolute atomic E-state index is 0.0197. The Morgan fingerprint density at radius 1 is 1.14 bits per heavy atom. The summed E-state index contributed by atoms with van der Waals surface area (Å²) in [5, 5.41) is 7.51. The van der Waals surface area contributed by atoms with Crippen LogP contribution in [-0.2, 0) is 14.8 Å². The molecule has 188 valence electrons. The Kier molecular flexibility index (Phi) is 7.17. The number of anilines is 1. The number of aromatic nitrogens is 5. The Hall–Kier alpha value is -3.32. The van der Waals surface area contributed by atoms with Crippen molar-refractivity contribution >= 4 is 16.0 Å². The maximum atomic E-state index is 13.4. The summed E-state index contributed by atoms with van der Waals surface area (Å²) >= 11 is 0. The number of sulfonamides is 1. The molecule has 0 radical (unpaired) electrons. The van der Waals surface area contributed by atoms with Gasteiger partial charge in [-0.1, -0.05) is 13.0 Å². The van der Waals surface area contributed by atoms with Gasteiger partial charge in [-0.3, -0.25) is 9.29 Å². The normalized spacial score (nSPS) is 17.7. The number of methoxy groups -OCH3 is 2. The van der Waals surface area contributed by atoms with Crippen LogP contribution in [0.15, 0.2) is 30.6 Å². The largest absolute Gasteiger partial charge is 0.494 e. The highest BCUT2D eigenvalue weighted by Gasteiger charge is 2.34. The molecule has 0 spiro atoms. The van der Waals surface area contributed by atoms with Gasteiger partial charge >= 0.3 is 0 Å². The molecule has 13 heteroatoms. The van der Waals surface area contributed by atoms with Crippen LogP contribution in [0.3, 0.4) is 0 Å². The number of nitrogens with zero attached hydrogens (tertiary/aromatic N) is 5. The lowest BCUT2D eigenvalue weighted by Crippen LogP contribution is -2.31. The van der Waals surface area contributed by atoms with E-state index in [9.17, 15) is 12.8 Å². The number of benzene rings is 1. The second-order valence-corrected chi connectivity index (χ2v) is 10.2. The Morgan fingerprint density at radius 2 is 1.80 bits per heavy atom. The van der Waals surface area contributed by atoms with Crippen LogP contribution in [0.4, 0.5) is 10.3 Å². The molecule has 3 atom stereocenters. The molecule has 0 aliphatic carbocycles. The fraction of sp³-hybridized carbons (Fsp3) is 0.455. The summed E-state index contributed by atoms with van der Waals surface area (Å²) in [6.45, 7) is 4.17. The third-order valence-corrected chi connectivity index (χ3v) is 7.94. The third-order valence-electron chi connectivity index (χ3n) is 6.08. The molecule has 3 heterocycles. The topological polar surface area (TPSA) is 130 Å². The molecule has 0 amide bonds. The van der Waals surface area contributed by atoms with Gasteiger partial charge in [0.15, 0.2) is 5.82 Å². The van der Waals surface area contributed by atoms with E-state index in [4.69, 9.17) is 14.2 Å². The standard InChI is InChI=1S/C22H27FN6O5S/c1-13(20-24-10-16(23)11-25-20)14(2)35(30,31)28-22-27-26-21(15-8-9-34-12-15)29(22)19-17(32-3)6-5-7-18(19)33-4/h5-7,10-11,13-15H,8-9,12H2,1-4H3,(H,27,28)/t13-,14-,15+/m0/s1. The van der Waals surface area contributed by atoms with E-state index in [1.54, 1.807) is 29.7 Å². The van der Waals surface area contributed by atoms with Gasteiger partial charge in [-0.25, -0.2) is 22.8 Å². The molecule has 11 nitrogen and oxygen atoms in total. The molecule has 0 saturated carbocycles. The predicted molar refractivity (Wildman–Crippen MR) is 125 cm³/mol. The lowest BCUT2D eigenvalue weighted by molar-refractivity contribution is 0.193. The molecular formula is C22H27FN6O5S. The molecule has 1 N–H and O–H groups in total. The fourth-order valence-electron chi connectivity index (χ4n) is 3.89. The van der Waals surface area contributed by atoms with Crippen molar-refractivity contribution in [3.63, 3.8) is 0 Å². The van der Waals surface area contributed by atoms with E-state index in [-0.39, 0.29) is 17.7 Å². The zero-order valence-electron chi connectivity index (χ0n) is 19.8. The SMILES string of the molecule is COc1cccc(OC)c1-n1c(NS(=O)(=O)[C@@H](C)[C@H](C)c2ncc(F)cn2)nnc1[C@@H]1CCOC1. The van der Waals surface area contributed by atoms with E-state index >= 15 is 0 Å². The van der Waals surface area contributed by atoms with Crippen molar-refractivity contribution in [1.29, 1.82) is 0 Å². The number of rotatable bonds is 9. The van der Waals surface area contributed by atoms with E-state index in [1.807, 2.05) is 0 Å². The number of hydrogen-bond acceptors (Lipinski definition) is 9. The molecule has 3 aromatic rings.